The van der Waals surface area contributed by atoms with Crippen molar-refractivity contribution in [2.24, 2.45) is 0 Å². The van der Waals surface area contributed by atoms with Crippen LogP contribution in [-0.4, -0.2) is 18.2 Å². The van der Waals surface area contributed by atoms with Gasteiger partial charge in [0.1, 0.15) is 0 Å². The van der Waals surface area contributed by atoms with Gasteiger partial charge in [-0.05, 0) is 17.5 Å². The Morgan fingerprint density at radius 1 is 1.43 bits per heavy atom. The Labute approximate surface area is 83.3 Å². The summed E-state index contributed by atoms with van der Waals surface area (Å²) in [5.41, 5.74) is 1.87. The van der Waals surface area contributed by atoms with Crippen LogP contribution in [0, 0.1) is 0 Å². The molecule has 76 valence electrons. The van der Waals surface area contributed by atoms with Crippen LogP contribution in [0.5, 0.6) is 0 Å². The minimum atomic E-state index is -0.961. The van der Waals surface area contributed by atoms with E-state index in [0.717, 1.165) is 6.42 Å². The second-order valence-electron chi connectivity index (χ2n) is 3.05. The van der Waals surface area contributed by atoms with Crippen LogP contribution in [0.25, 0.3) is 0 Å². The zero-order valence-electron chi connectivity index (χ0n) is 8.36. The highest BCUT2D eigenvalue weighted by atomic mass is 16.5. The number of hydrogen-bond donors (Lipinski definition) is 1. The number of methoxy groups -OCH3 is 1. The quantitative estimate of drug-likeness (QED) is 0.797. The molecule has 3 heteroatoms. The fourth-order valence-corrected chi connectivity index (χ4v) is 1.31. The Balaban J connectivity index is 2.89. The van der Waals surface area contributed by atoms with Crippen LogP contribution in [0.4, 0.5) is 0 Å². The molecule has 1 aromatic rings. The van der Waals surface area contributed by atoms with Crippen molar-refractivity contribution in [1.29, 1.82) is 0 Å². The standard InChI is InChI=1S/C11H14O3/c1-3-8-4-6-9(7-5-8)10(14-2)11(12)13/h4-7,10H,3H2,1-2H3,(H,12,13)/t10-/m0/s1. The summed E-state index contributed by atoms with van der Waals surface area (Å²) in [4.78, 5) is 10.8. The molecule has 0 saturated heterocycles. The molecule has 0 aliphatic carbocycles. The maximum Gasteiger partial charge on any atom is 0.337 e. The summed E-state index contributed by atoms with van der Waals surface area (Å²) in [7, 11) is 1.40. The minimum Gasteiger partial charge on any atom is -0.479 e. The number of ether oxygens (including phenoxy) is 1. The first-order valence-electron chi connectivity index (χ1n) is 4.53. The lowest BCUT2D eigenvalue weighted by atomic mass is 10.1. The second-order valence-corrected chi connectivity index (χ2v) is 3.05. The van der Waals surface area contributed by atoms with E-state index >= 15 is 0 Å². The summed E-state index contributed by atoms with van der Waals surface area (Å²) in [5.74, 6) is -0.961. The highest BCUT2D eigenvalue weighted by molar-refractivity contribution is 5.74. The largest absolute Gasteiger partial charge is 0.479 e. The molecular weight excluding hydrogens is 180 g/mol. The molecule has 0 heterocycles. The molecule has 1 atom stereocenters. The second kappa shape index (κ2) is 4.77. The highest BCUT2D eigenvalue weighted by Gasteiger charge is 2.18. The molecule has 3 nitrogen and oxygen atoms in total. The molecule has 0 bridgehead atoms. The lowest BCUT2D eigenvalue weighted by Crippen LogP contribution is -2.13. The van der Waals surface area contributed by atoms with E-state index in [4.69, 9.17) is 9.84 Å². The molecule has 14 heavy (non-hydrogen) atoms. The third-order valence-corrected chi connectivity index (χ3v) is 2.15. The molecule has 0 unspecified atom stereocenters. The first-order chi connectivity index (χ1) is 6.69. The van der Waals surface area contributed by atoms with E-state index in [0.29, 0.717) is 5.56 Å². The summed E-state index contributed by atoms with van der Waals surface area (Å²) in [5, 5.41) is 8.83. The molecule has 1 N–H and O–H groups in total. The summed E-state index contributed by atoms with van der Waals surface area (Å²) >= 11 is 0. The van der Waals surface area contributed by atoms with Crippen molar-refractivity contribution in [3.05, 3.63) is 35.4 Å². The predicted octanol–water partition coefficient (Wildman–Crippen LogP) is 2.02. The van der Waals surface area contributed by atoms with Crippen molar-refractivity contribution in [3.63, 3.8) is 0 Å². The number of hydrogen-bond acceptors (Lipinski definition) is 2. The van der Waals surface area contributed by atoms with Crippen LogP contribution in [0.3, 0.4) is 0 Å². The van der Waals surface area contributed by atoms with E-state index in [1.165, 1.54) is 12.7 Å². The smallest absolute Gasteiger partial charge is 0.337 e. The Morgan fingerprint density at radius 3 is 2.36 bits per heavy atom. The number of rotatable bonds is 4. The zero-order chi connectivity index (χ0) is 10.6. The molecule has 0 amide bonds. The van der Waals surface area contributed by atoms with Crippen LogP contribution in [-0.2, 0) is 16.0 Å². The van der Waals surface area contributed by atoms with Crippen LogP contribution < -0.4 is 0 Å². The maximum absolute atomic E-state index is 10.8. The van der Waals surface area contributed by atoms with Crippen molar-refractivity contribution in [2.75, 3.05) is 7.11 Å². The topological polar surface area (TPSA) is 46.5 Å². The lowest BCUT2D eigenvalue weighted by molar-refractivity contribution is -0.148. The van der Waals surface area contributed by atoms with E-state index in [2.05, 4.69) is 6.92 Å². The Hall–Kier alpha value is -1.35. The van der Waals surface area contributed by atoms with E-state index < -0.39 is 12.1 Å². The fourth-order valence-electron chi connectivity index (χ4n) is 1.31. The van der Waals surface area contributed by atoms with E-state index in [1.807, 2.05) is 12.1 Å². The molecule has 1 rings (SSSR count). The highest BCUT2D eigenvalue weighted by Crippen LogP contribution is 2.17. The van der Waals surface area contributed by atoms with Gasteiger partial charge in [-0.25, -0.2) is 4.79 Å². The molecule has 0 aromatic heterocycles. The van der Waals surface area contributed by atoms with Crippen molar-refractivity contribution in [1.82, 2.24) is 0 Å². The van der Waals surface area contributed by atoms with Crippen LogP contribution in [0.2, 0.25) is 0 Å². The first-order valence-corrected chi connectivity index (χ1v) is 4.53. The number of carbonyl (C=O) groups is 1. The normalized spacial score (nSPS) is 12.4. The van der Waals surface area contributed by atoms with Crippen LogP contribution >= 0.6 is 0 Å². The van der Waals surface area contributed by atoms with Crippen molar-refractivity contribution >= 4 is 5.97 Å². The number of carboxylic acids is 1. The van der Waals surface area contributed by atoms with Gasteiger partial charge in [-0.15, -0.1) is 0 Å². The third kappa shape index (κ3) is 2.33. The molecule has 0 fully saturated rings. The van der Waals surface area contributed by atoms with Gasteiger partial charge in [-0.2, -0.15) is 0 Å². The maximum atomic E-state index is 10.8. The lowest BCUT2D eigenvalue weighted by Gasteiger charge is -2.10. The number of aryl methyl sites for hydroxylation is 1. The first kappa shape index (κ1) is 10.7. The van der Waals surface area contributed by atoms with Crippen LogP contribution in [0.15, 0.2) is 24.3 Å². The third-order valence-electron chi connectivity index (χ3n) is 2.15. The average molecular weight is 194 g/mol. The van der Waals surface area contributed by atoms with Crippen molar-refractivity contribution in [3.8, 4) is 0 Å². The van der Waals surface area contributed by atoms with E-state index in [-0.39, 0.29) is 0 Å². The predicted molar refractivity (Wildman–Crippen MR) is 53.2 cm³/mol. The fraction of sp³-hybridized carbons (Fsp3) is 0.364. The van der Waals surface area contributed by atoms with Gasteiger partial charge in [0.25, 0.3) is 0 Å². The summed E-state index contributed by atoms with van der Waals surface area (Å²) in [6.45, 7) is 2.06. The van der Waals surface area contributed by atoms with E-state index in [1.54, 1.807) is 12.1 Å². The summed E-state index contributed by atoms with van der Waals surface area (Å²) in [6.07, 6.45) is 0.0891. The zero-order valence-corrected chi connectivity index (χ0v) is 8.36. The molecule has 0 spiro atoms. The van der Waals surface area contributed by atoms with Gasteiger partial charge in [0.2, 0.25) is 0 Å². The Morgan fingerprint density at radius 2 is 2.00 bits per heavy atom. The molecule has 1 aromatic carbocycles. The average Bonchev–Trinajstić information content (AvgIpc) is 2.19. The molecule has 0 aliphatic rings. The number of benzene rings is 1. The summed E-state index contributed by atoms with van der Waals surface area (Å²) < 4.78 is 4.87. The minimum absolute atomic E-state index is 0.678. The molecule has 0 radical (unpaired) electrons. The molecular formula is C11H14O3. The molecule has 0 aliphatic heterocycles. The van der Waals surface area contributed by atoms with Gasteiger partial charge in [0.05, 0.1) is 0 Å². The van der Waals surface area contributed by atoms with Gasteiger partial charge < -0.3 is 9.84 Å². The summed E-state index contributed by atoms with van der Waals surface area (Å²) in [6, 6.07) is 7.43. The van der Waals surface area contributed by atoms with E-state index in [9.17, 15) is 4.79 Å². The van der Waals surface area contributed by atoms with Gasteiger partial charge in [-0.1, -0.05) is 31.2 Å². The van der Waals surface area contributed by atoms with Gasteiger partial charge in [-0.3, -0.25) is 0 Å². The number of carboxylic acid groups (broad SMARTS) is 1. The number of aliphatic carboxylic acids is 1. The monoisotopic (exact) mass is 194 g/mol. The SMILES string of the molecule is CCc1ccc([C@H](OC)C(=O)O)cc1. The Bertz CT molecular complexity index is 303. The van der Waals surface area contributed by atoms with Crippen LogP contribution in [0.1, 0.15) is 24.2 Å². The van der Waals surface area contributed by atoms with Gasteiger partial charge in [0, 0.05) is 7.11 Å². The molecule has 0 saturated carbocycles. The Kier molecular flexibility index (Phi) is 3.65. The van der Waals surface area contributed by atoms with Crippen molar-refractivity contribution < 1.29 is 14.6 Å². The van der Waals surface area contributed by atoms with Crippen molar-refractivity contribution in [2.45, 2.75) is 19.4 Å². The van der Waals surface area contributed by atoms with Gasteiger partial charge >= 0.3 is 5.97 Å². The van der Waals surface area contributed by atoms with Gasteiger partial charge in [0.15, 0.2) is 6.10 Å².